The Balaban J connectivity index is 3.06. The molecule has 0 aliphatic heterocycles. The smallest absolute Gasteiger partial charge is 0.126 e. The van der Waals surface area contributed by atoms with Gasteiger partial charge in [-0.1, -0.05) is 33.4 Å². The summed E-state index contributed by atoms with van der Waals surface area (Å²) in [7, 11) is 1.69. The van der Waals surface area contributed by atoms with Gasteiger partial charge >= 0.3 is 0 Å². The van der Waals surface area contributed by atoms with E-state index in [9.17, 15) is 0 Å². The summed E-state index contributed by atoms with van der Waals surface area (Å²) in [6.45, 7) is 12.5. The molecule has 0 aliphatic rings. The maximum atomic E-state index is 5.38. The summed E-state index contributed by atoms with van der Waals surface area (Å²) < 4.78 is 5.61. The van der Waals surface area contributed by atoms with E-state index >= 15 is 0 Å². The Bertz CT molecular complexity index is 453. The molecule has 0 spiro atoms. The van der Waals surface area contributed by atoms with E-state index in [1.165, 1.54) is 10.5 Å². The highest BCUT2D eigenvalue weighted by Crippen LogP contribution is 2.33. The second-order valence-electron chi connectivity index (χ2n) is 5.16. The van der Waals surface area contributed by atoms with E-state index < -0.39 is 0 Å². The summed E-state index contributed by atoms with van der Waals surface area (Å²) in [6.07, 6.45) is 3.63. The van der Waals surface area contributed by atoms with Gasteiger partial charge in [-0.3, -0.25) is 0 Å². The minimum Gasteiger partial charge on any atom is -0.496 e. The van der Waals surface area contributed by atoms with Gasteiger partial charge in [0.15, 0.2) is 0 Å². The first-order valence-electron chi connectivity index (χ1n) is 6.04. The SMILES string of the molecule is C=C/C=C(/OC)c1ccc(SC(C)(C)C)cc1C. The molecular formula is C16H22OS. The summed E-state index contributed by atoms with van der Waals surface area (Å²) in [5.41, 5.74) is 2.34. The Morgan fingerprint density at radius 3 is 2.44 bits per heavy atom. The van der Waals surface area contributed by atoms with Crippen LogP contribution < -0.4 is 0 Å². The molecule has 0 aliphatic carbocycles. The van der Waals surface area contributed by atoms with Crippen molar-refractivity contribution in [3.63, 3.8) is 0 Å². The fourth-order valence-electron chi connectivity index (χ4n) is 1.70. The molecule has 0 atom stereocenters. The van der Waals surface area contributed by atoms with Crippen LogP contribution in [-0.4, -0.2) is 11.9 Å². The van der Waals surface area contributed by atoms with Crippen LogP contribution in [0.2, 0.25) is 0 Å². The Morgan fingerprint density at radius 2 is 2.00 bits per heavy atom. The number of aryl methyl sites for hydroxylation is 1. The van der Waals surface area contributed by atoms with Crippen molar-refractivity contribution in [1.82, 2.24) is 0 Å². The molecule has 0 saturated heterocycles. The third-order valence-electron chi connectivity index (χ3n) is 2.38. The second kappa shape index (κ2) is 6.14. The van der Waals surface area contributed by atoms with Crippen LogP contribution >= 0.6 is 11.8 Å². The van der Waals surface area contributed by atoms with Crippen LogP contribution in [0.15, 0.2) is 41.8 Å². The van der Waals surface area contributed by atoms with E-state index in [4.69, 9.17) is 4.74 Å². The fourth-order valence-corrected chi connectivity index (χ4v) is 2.78. The highest BCUT2D eigenvalue weighted by Gasteiger charge is 2.13. The van der Waals surface area contributed by atoms with Crippen LogP contribution in [0.3, 0.4) is 0 Å². The molecular weight excluding hydrogens is 240 g/mol. The van der Waals surface area contributed by atoms with Gasteiger partial charge < -0.3 is 4.74 Å². The molecule has 98 valence electrons. The summed E-state index contributed by atoms with van der Waals surface area (Å²) in [4.78, 5) is 1.29. The molecule has 1 nitrogen and oxygen atoms in total. The first-order valence-corrected chi connectivity index (χ1v) is 6.86. The third kappa shape index (κ3) is 4.26. The second-order valence-corrected chi connectivity index (χ2v) is 7.06. The average molecular weight is 262 g/mol. The van der Waals surface area contributed by atoms with Crippen molar-refractivity contribution in [2.75, 3.05) is 7.11 Å². The summed E-state index contributed by atoms with van der Waals surface area (Å²) in [5, 5.41) is 0. The highest BCUT2D eigenvalue weighted by atomic mass is 32.2. The average Bonchev–Trinajstić information content (AvgIpc) is 2.24. The van der Waals surface area contributed by atoms with Gasteiger partial charge in [0.25, 0.3) is 0 Å². The van der Waals surface area contributed by atoms with Crippen LogP contribution in [0.1, 0.15) is 31.9 Å². The van der Waals surface area contributed by atoms with Gasteiger partial charge in [-0.25, -0.2) is 0 Å². The zero-order valence-electron chi connectivity index (χ0n) is 11.9. The molecule has 0 heterocycles. The molecule has 2 heteroatoms. The Hall–Kier alpha value is -1.15. The normalized spacial score (nSPS) is 12.4. The lowest BCUT2D eigenvalue weighted by Crippen LogP contribution is -2.06. The van der Waals surface area contributed by atoms with E-state index in [0.717, 1.165) is 11.3 Å². The van der Waals surface area contributed by atoms with Gasteiger partial charge in [0.2, 0.25) is 0 Å². The van der Waals surface area contributed by atoms with E-state index in [1.54, 1.807) is 13.2 Å². The molecule has 0 aromatic heterocycles. The molecule has 1 aromatic rings. The van der Waals surface area contributed by atoms with Crippen molar-refractivity contribution in [2.24, 2.45) is 0 Å². The number of thioether (sulfide) groups is 1. The van der Waals surface area contributed by atoms with E-state index in [0.29, 0.717) is 0 Å². The molecule has 0 N–H and O–H groups in total. The Kier molecular flexibility index (Phi) is 5.09. The molecule has 0 bridgehead atoms. The predicted molar refractivity (Wildman–Crippen MR) is 82.0 cm³/mol. The first kappa shape index (κ1) is 14.9. The van der Waals surface area contributed by atoms with Gasteiger partial charge in [0, 0.05) is 15.2 Å². The molecule has 0 unspecified atom stereocenters. The molecule has 0 radical (unpaired) electrons. The largest absolute Gasteiger partial charge is 0.496 e. The van der Waals surface area contributed by atoms with Crippen molar-refractivity contribution in [3.8, 4) is 0 Å². The van der Waals surface area contributed by atoms with Crippen LogP contribution in [0.25, 0.3) is 5.76 Å². The minimum absolute atomic E-state index is 0.231. The van der Waals surface area contributed by atoms with Crippen LogP contribution in [0, 0.1) is 6.92 Å². The molecule has 0 amide bonds. The lowest BCUT2D eigenvalue weighted by Gasteiger charge is -2.18. The molecule has 18 heavy (non-hydrogen) atoms. The monoisotopic (exact) mass is 262 g/mol. The number of rotatable bonds is 4. The number of allylic oxidation sites excluding steroid dienone is 2. The lowest BCUT2D eigenvalue weighted by molar-refractivity contribution is 0.370. The highest BCUT2D eigenvalue weighted by molar-refractivity contribution is 8.00. The van der Waals surface area contributed by atoms with Crippen molar-refractivity contribution >= 4 is 17.5 Å². The topological polar surface area (TPSA) is 9.23 Å². The molecule has 0 fully saturated rings. The Labute approximate surface area is 115 Å². The fraction of sp³-hybridized carbons (Fsp3) is 0.375. The number of benzene rings is 1. The zero-order valence-corrected chi connectivity index (χ0v) is 12.7. The number of hydrogen-bond acceptors (Lipinski definition) is 2. The standard InChI is InChI=1S/C16H22OS/c1-7-8-15(17-6)14-10-9-13(11-12(14)2)18-16(3,4)5/h7-11H,1H2,2-6H3/b15-8+. The molecule has 0 saturated carbocycles. The van der Waals surface area contributed by atoms with Crippen molar-refractivity contribution in [1.29, 1.82) is 0 Å². The van der Waals surface area contributed by atoms with Gasteiger partial charge in [0.05, 0.1) is 7.11 Å². The van der Waals surface area contributed by atoms with Crippen molar-refractivity contribution in [3.05, 3.63) is 48.1 Å². The van der Waals surface area contributed by atoms with Crippen molar-refractivity contribution < 1.29 is 4.74 Å². The zero-order chi connectivity index (χ0) is 13.8. The van der Waals surface area contributed by atoms with Crippen LogP contribution in [0.5, 0.6) is 0 Å². The van der Waals surface area contributed by atoms with Gasteiger partial charge in [-0.2, -0.15) is 0 Å². The van der Waals surface area contributed by atoms with E-state index in [2.05, 4.69) is 52.5 Å². The van der Waals surface area contributed by atoms with Gasteiger partial charge in [-0.05, 0) is 36.8 Å². The number of ether oxygens (including phenoxy) is 1. The van der Waals surface area contributed by atoms with Crippen LogP contribution in [0.4, 0.5) is 0 Å². The van der Waals surface area contributed by atoms with Gasteiger partial charge in [-0.15, -0.1) is 11.8 Å². The van der Waals surface area contributed by atoms with E-state index in [1.807, 2.05) is 17.8 Å². The maximum absolute atomic E-state index is 5.38. The third-order valence-corrected chi connectivity index (χ3v) is 3.48. The lowest BCUT2D eigenvalue weighted by atomic mass is 10.1. The number of methoxy groups -OCH3 is 1. The predicted octanol–water partition coefficient (Wildman–Crippen LogP) is 5.06. The van der Waals surface area contributed by atoms with Crippen LogP contribution in [-0.2, 0) is 4.74 Å². The minimum atomic E-state index is 0.231. The summed E-state index contributed by atoms with van der Waals surface area (Å²) >= 11 is 1.88. The molecule has 1 aromatic carbocycles. The first-order chi connectivity index (χ1) is 8.37. The summed E-state index contributed by atoms with van der Waals surface area (Å²) in [6, 6.07) is 6.47. The molecule has 1 rings (SSSR count). The Morgan fingerprint density at radius 1 is 1.33 bits per heavy atom. The van der Waals surface area contributed by atoms with Crippen molar-refractivity contribution in [2.45, 2.75) is 37.3 Å². The van der Waals surface area contributed by atoms with Gasteiger partial charge in [0.1, 0.15) is 5.76 Å². The number of hydrogen-bond donors (Lipinski definition) is 0. The quantitative estimate of drug-likeness (QED) is 0.426. The summed E-state index contributed by atoms with van der Waals surface area (Å²) in [5.74, 6) is 0.856. The van der Waals surface area contributed by atoms with E-state index in [-0.39, 0.29) is 4.75 Å². The maximum Gasteiger partial charge on any atom is 0.126 e.